The molecule has 0 atom stereocenters. The smallest absolute Gasteiger partial charge is 0.409 e. The van der Waals surface area contributed by atoms with E-state index >= 15 is 0 Å². The highest BCUT2D eigenvalue weighted by Crippen LogP contribution is 2.59. The van der Waals surface area contributed by atoms with Crippen LogP contribution in [0.25, 0.3) is 0 Å². The molecular formula is C21H27F3O. The van der Waals surface area contributed by atoms with Crippen LogP contribution in [0.1, 0.15) is 63.9 Å². The number of fused-ring (bicyclic) bond motifs is 3. The summed E-state index contributed by atoms with van der Waals surface area (Å²) in [5, 5.41) is 0. The Morgan fingerprint density at radius 3 is 2.12 bits per heavy atom. The third-order valence-electron chi connectivity index (χ3n) is 6.30. The molecule has 1 aromatic rings. The Morgan fingerprint density at radius 1 is 1.00 bits per heavy atom. The minimum atomic E-state index is -4.28. The lowest BCUT2D eigenvalue weighted by Gasteiger charge is -2.54. The van der Waals surface area contributed by atoms with Crippen molar-refractivity contribution < 1.29 is 17.9 Å². The lowest BCUT2D eigenvalue weighted by Crippen LogP contribution is -2.44. The van der Waals surface area contributed by atoms with Gasteiger partial charge in [-0.1, -0.05) is 25.5 Å². The second-order valence-corrected chi connectivity index (χ2v) is 7.81. The number of halogens is 3. The van der Waals surface area contributed by atoms with Gasteiger partial charge in [-0.2, -0.15) is 13.2 Å². The Kier molecular flexibility index (Phi) is 5.17. The van der Waals surface area contributed by atoms with E-state index in [4.69, 9.17) is 4.74 Å². The summed E-state index contributed by atoms with van der Waals surface area (Å²) in [5.74, 6) is 0.624. The molecule has 4 rings (SSSR count). The van der Waals surface area contributed by atoms with Crippen LogP contribution < -0.4 is 4.74 Å². The molecule has 0 aliphatic heterocycles. The van der Waals surface area contributed by atoms with Gasteiger partial charge < -0.3 is 4.74 Å². The molecule has 3 aliphatic rings. The maximum Gasteiger partial charge on any atom is 0.409 e. The molecule has 3 saturated carbocycles. The third kappa shape index (κ3) is 4.21. The van der Waals surface area contributed by atoms with Crippen molar-refractivity contribution in [1.29, 1.82) is 0 Å². The molecule has 0 spiro atoms. The number of ether oxygens (including phenoxy) is 1. The van der Waals surface area contributed by atoms with E-state index in [1.165, 1.54) is 56.9 Å². The molecule has 0 unspecified atom stereocenters. The van der Waals surface area contributed by atoms with Gasteiger partial charge >= 0.3 is 6.18 Å². The molecule has 0 saturated heterocycles. The molecule has 3 fully saturated rings. The summed E-state index contributed by atoms with van der Waals surface area (Å²) in [5.41, 5.74) is 2.28. The van der Waals surface area contributed by atoms with Crippen LogP contribution >= 0.6 is 0 Å². The summed E-state index contributed by atoms with van der Waals surface area (Å²) in [6, 6.07) is 8.02. The quantitative estimate of drug-likeness (QED) is 0.526. The molecular weight excluding hydrogens is 325 g/mol. The van der Waals surface area contributed by atoms with Gasteiger partial charge in [0.15, 0.2) is 0 Å². The first kappa shape index (κ1) is 18.3. The third-order valence-corrected chi connectivity index (χ3v) is 6.30. The van der Waals surface area contributed by atoms with Gasteiger partial charge in [0.05, 0.1) is 0 Å². The molecule has 3 aliphatic carbocycles. The van der Waals surface area contributed by atoms with Gasteiger partial charge in [-0.3, -0.25) is 0 Å². The van der Waals surface area contributed by atoms with Crippen molar-refractivity contribution in [3.8, 4) is 5.75 Å². The minimum Gasteiger partial charge on any atom is -0.490 e. The topological polar surface area (TPSA) is 9.23 Å². The van der Waals surface area contributed by atoms with Crippen LogP contribution in [-0.4, -0.2) is 12.8 Å². The van der Waals surface area contributed by atoms with Crippen molar-refractivity contribution in [3.63, 3.8) is 0 Å². The van der Waals surface area contributed by atoms with Crippen LogP contribution in [-0.2, 0) is 5.41 Å². The molecule has 1 aromatic carbocycles. The minimum absolute atomic E-state index is 0.0659. The van der Waals surface area contributed by atoms with Crippen molar-refractivity contribution in [1.82, 2.24) is 0 Å². The number of benzene rings is 1. The average Bonchev–Trinajstić information content (AvgIpc) is 2.60. The number of allylic oxidation sites excluding steroid dienone is 1. The van der Waals surface area contributed by atoms with Crippen molar-refractivity contribution in [3.05, 3.63) is 42.0 Å². The maximum atomic E-state index is 12.1. The lowest BCUT2D eigenvalue weighted by molar-refractivity contribution is -0.0801. The highest BCUT2D eigenvalue weighted by atomic mass is 19.4. The Labute approximate surface area is 148 Å². The van der Waals surface area contributed by atoms with Gasteiger partial charge in [0.1, 0.15) is 12.4 Å². The average molecular weight is 352 g/mol. The van der Waals surface area contributed by atoms with Gasteiger partial charge in [0, 0.05) is 6.08 Å². The van der Waals surface area contributed by atoms with Crippen molar-refractivity contribution in [2.24, 2.45) is 5.41 Å². The summed E-state index contributed by atoms with van der Waals surface area (Å²) in [7, 11) is 0. The van der Waals surface area contributed by atoms with E-state index in [2.05, 4.69) is 19.1 Å². The zero-order valence-corrected chi connectivity index (χ0v) is 14.9. The summed E-state index contributed by atoms with van der Waals surface area (Å²) in [4.78, 5) is 0. The summed E-state index contributed by atoms with van der Waals surface area (Å²) in [6.45, 7) is 2.22. The lowest BCUT2D eigenvalue weighted by atomic mass is 9.51. The van der Waals surface area contributed by atoms with Crippen molar-refractivity contribution in [2.45, 2.75) is 69.9 Å². The van der Waals surface area contributed by atoms with E-state index in [-0.39, 0.29) is 12.7 Å². The van der Waals surface area contributed by atoms with Gasteiger partial charge in [0.25, 0.3) is 0 Å². The number of hydrogen-bond acceptors (Lipinski definition) is 1. The molecule has 0 amide bonds. The molecule has 1 nitrogen and oxygen atoms in total. The highest BCUT2D eigenvalue weighted by molar-refractivity contribution is 5.34. The van der Waals surface area contributed by atoms with Gasteiger partial charge in [-0.25, -0.2) is 0 Å². The first-order valence-electron chi connectivity index (χ1n) is 9.34. The SMILES string of the molecule is CCCC12CCC(c3ccc(OC/C=C/C(F)(F)F)cc3)(CC1)CC2. The summed E-state index contributed by atoms with van der Waals surface area (Å²) in [6.07, 6.45) is 7.38. The molecule has 0 aromatic heterocycles. The van der Waals surface area contributed by atoms with E-state index < -0.39 is 6.18 Å². The second-order valence-electron chi connectivity index (χ2n) is 7.81. The fourth-order valence-electron chi connectivity index (χ4n) is 4.83. The Morgan fingerprint density at radius 2 is 1.60 bits per heavy atom. The molecule has 4 heteroatoms. The molecule has 25 heavy (non-hydrogen) atoms. The normalized spacial score (nSPS) is 29.3. The molecule has 2 bridgehead atoms. The van der Waals surface area contributed by atoms with E-state index in [0.29, 0.717) is 16.6 Å². The Hall–Kier alpha value is -1.45. The largest absolute Gasteiger partial charge is 0.490 e. The number of alkyl halides is 3. The second kappa shape index (κ2) is 7.05. The fourth-order valence-corrected chi connectivity index (χ4v) is 4.83. The van der Waals surface area contributed by atoms with Crippen molar-refractivity contribution >= 4 is 0 Å². The highest BCUT2D eigenvalue weighted by Gasteiger charge is 2.48. The summed E-state index contributed by atoms with van der Waals surface area (Å²) >= 11 is 0. The predicted octanol–water partition coefficient (Wildman–Crippen LogP) is 6.58. The van der Waals surface area contributed by atoms with E-state index in [1.807, 2.05) is 12.1 Å². The van der Waals surface area contributed by atoms with E-state index in [1.54, 1.807) is 0 Å². The maximum absolute atomic E-state index is 12.1. The zero-order valence-electron chi connectivity index (χ0n) is 14.9. The van der Waals surface area contributed by atoms with Crippen LogP contribution in [0.4, 0.5) is 13.2 Å². The van der Waals surface area contributed by atoms with Gasteiger partial charge in [0.2, 0.25) is 0 Å². The first-order valence-corrected chi connectivity index (χ1v) is 9.34. The van der Waals surface area contributed by atoms with Crippen molar-refractivity contribution in [2.75, 3.05) is 6.61 Å². The van der Waals surface area contributed by atoms with Crippen LogP contribution in [0.5, 0.6) is 5.75 Å². The van der Waals surface area contributed by atoms with E-state index in [9.17, 15) is 13.2 Å². The monoisotopic (exact) mass is 352 g/mol. The fraction of sp³-hybridized carbons (Fsp3) is 0.619. The number of rotatable bonds is 6. The van der Waals surface area contributed by atoms with E-state index in [0.717, 1.165) is 6.08 Å². The zero-order chi connectivity index (χ0) is 18.0. The Bertz CT molecular complexity index is 576. The molecule has 0 N–H and O–H groups in total. The predicted molar refractivity (Wildman–Crippen MR) is 93.9 cm³/mol. The van der Waals surface area contributed by atoms with Crippen LogP contribution in [0.2, 0.25) is 0 Å². The van der Waals surface area contributed by atoms with Crippen LogP contribution in [0.3, 0.4) is 0 Å². The van der Waals surface area contributed by atoms with Crippen LogP contribution in [0, 0.1) is 5.41 Å². The molecule has 138 valence electrons. The molecule has 0 radical (unpaired) electrons. The van der Waals surface area contributed by atoms with Gasteiger partial charge in [-0.05, 0) is 79.5 Å². The standard InChI is InChI=1S/C21H27F3O/c1-2-8-19-10-13-20(14-11-19,15-12-19)17-4-6-18(7-5-17)25-16-3-9-21(22,23)24/h3-7,9H,2,8,10-16H2,1H3/b9-3+. The summed E-state index contributed by atoms with van der Waals surface area (Å²) < 4.78 is 41.6. The number of hydrogen-bond donors (Lipinski definition) is 0. The Balaban J connectivity index is 1.59. The van der Waals surface area contributed by atoms with Crippen LogP contribution in [0.15, 0.2) is 36.4 Å². The first-order chi connectivity index (χ1) is 11.9. The molecule has 0 heterocycles. The van der Waals surface area contributed by atoms with Gasteiger partial charge in [-0.15, -0.1) is 0 Å².